The summed E-state index contributed by atoms with van der Waals surface area (Å²) in [6, 6.07) is 0. The molecule has 0 aromatic carbocycles. The van der Waals surface area contributed by atoms with Gasteiger partial charge in [-0.05, 0) is 6.92 Å². The highest BCUT2D eigenvalue weighted by Gasteiger charge is 2.08. The lowest BCUT2D eigenvalue weighted by molar-refractivity contribution is -0.128. The number of aliphatic hydroxyl groups is 2. The molecule has 0 rings (SSSR count). The molecule has 0 aliphatic heterocycles. The first-order chi connectivity index (χ1) is 7.68. The maximum absolute atomic E-state index is 10.6. The van der Waals surface area contributed by atoms with E-state index in [1.165, 1.54) is 6.92 Å². The standard InChI is InChI=1S/C10H20O6/c1-9(12)10(13)8-16-7-6-15-5-4-14-3-2-11/h10-11,13H,2-8H2,1H3. The van der Waals surface area contributed by atoms with Crippen LogP contribution in [0.4, 0.5) is 0 Å². The Morgan fingerprint density at radius 2 is 1.56 bits per heavy atom. The molecular weight excluding hydrogens is 216 g/mol. The molecule has 0 radical (unpaired) electrons. The van der Waals surface area contributed by atoms with Crippen molar-refractivity contribution in [2.75, 3.05) is 46.2 Å². The van der Waals surface area contributed by atoms with Gasteiger partial charge in [0.25, 0.3) is 0 Å². The highest BCUT2D eigenvalue weighted by molar-refractivity contribution is 5.80. The molecule has 0 spiro atoms. The van der Waals surface area contributed by atoms with Gasteiger partial charge in [0.1, 0.15) is 6.10 Å². The van der Waals surface area contributed by atoms with Gasteiger partial charge in [-0.2, -0.15) is 0 Å². The van der Waals surface area contributed by atoms with Crippen LogP contribution in [-0.4, -0.2) is 68.3 Å². The van der Waals surface area contributed by atoms with E-state index in [-0.39, 0.29) is 19.0 Å². The smallest absolute Gasteiger partial charge is 0.160 e. The number of aliphatic hydroxyl groups excluding tert-OH is 2. The van der Waals surface area contributed by atoms with Crippen molar-refractivity contribution in [2.45, 2.75) is 13.0 Å². The van der Waals surface area contributed by atoms with E-state index in [4.69, 9.17) is 24.4 Å². The van der Waals surface area contributed by atoms with E-state index in [0.717, 1.165) is 0 Å². The van der Waals surface area contributed by atoms with Crippen molar-refractivity contribution in [1.82, 2.24) is 0 Å². The van der Waals surface area contributed by atoms with Crippen molar-refractivity contribution >= 4 is 5.78 Å². The van der Waals surface area contributed by atoms with Crippen molar-refractivity contribution in [3.8, 4) is 0 Å². The predicted molar refractivity (Wildman–Crippen MR) is 56.2 cm³/mol. The van der Waals surface area contributed by atoms with Crippen molar-refractivity contribution in [3.05, 3.63) is 0 Å². The predicted octanol–water partition coefficient (Wildman–Crippen LogP) is -1.02. The number of carbonyl (C=O) groups excluding carboxylic acids is 1. The van der Waals surface area contributed by atoms with Crippen LogP contribution in [0.5, 0.6) is 0 Å². The van der Waals surface area contributed by atoms with E-state index < -0.39 is 6.10 Å². The Balaban J connectivity index is 3.07. The minimum atomic E-state index is -1.05. The number of ether oxygens (including phenoxy) is 3. The number of hydrogen-bond donors (Lipinski definition) is 2. The molecule has 1 atom stereocenters. The molecule has 0 fully saturated rings. The van der Waals surface area contributed by atoms with E-state index in [0.29, 0.717) is 33.0 Å². The molecule has 1 unspecified atom stereocenters. The summed E-state index contributed by atoms with van der Waals surface area (Å²) in [6.07, 6.45) is -1.05. The van der Waals surface area contributed by atoms with Gasteiger partial charge in [0.15, 0.2) is 5.78 Å². The number of carbonyl (C=O) groups is 1. The summed E-state index contributed by atoms with van der Waals surface area (Å²) in [7, 11) is 0. The first kappa shape index (κ1) is 15.5. The Kier molecular flexibility index (Phi) is 10.6. The molecule has 0 aromatic rings. The largest absolute Gasteiger partial charge is 0.394 e. The van der Waals surface area contributed by atoms with E-state index in [1.807, 2.05) is 0 Å². The van der Waals surface area contributed by atoms with Crippen LogP contribution in [0.1, 0.15) is 6.92 Å². The van der Waals surface area contributed by atoms with Crippen LogP contribution in [0.15, 0.2) is 0 Å². The molecule has 2 N–H and O–H groups in total. The molecule has 0 aliphatic carbocycles. The normalized spacial score (nSPS) is 12.7. The van der Waals surface area contributed by atoms with Gasteiger partial charge in [-0.15, -0.1) is 0 Å². The number of Topliss-reactive ketones (excluding diaryl/α,β-unsaturated/α-hetero) is 1. The lowest BCUT2D eigenvalue weighted by atomic mass is 10.3. The van der Waals surface area contributed by atoms with E-state index in [1.54, 1.807) is 0 Å². The van der Waals surface area contributed by atoms with Gasteiger partial charge >= 0.3 is 0 Å². The highest BCUT2D eigenvalue weighted by atomic mass is 16.5. The van der Waals surface area contributed by atoms with E-state index >= 15 is 0 Å². The topological polar surface area (TPSA) is 85.2 Å². The second-order valence-corrected chi connectivity index (χ2v) is 3.15. The first-order valence-corrected chi connectivity index (χ1v) is 5.21. The average Bonchev–Trinajstić information content (AvgIpc) is 2.26. The molecule has 0 saturated carbocycles. The van der Waals surface area contributed by atoms with Gasteiger partial charge in [0.2, 0.25) is 0 Å². The molecular formula is C10H20O6. The van der Waals surface area contributed by atoms with Crippen LogP contribution in [0.25, 0.3) is 0 Å². The Bertz CT molecular complexity index is 173. The van der Waals surface area contributed by atoms with E-state index in [9.17, 15) is 4.79 Å². The van der Waals surface area contributed by atoms with Gasteiger partial charge < -0.3 is 24.4 Å². The molecule has 0 aliphatic rings. The Labute approximate surface area is 95.1 Å². The lowest BCUT2D eigenvalue weighted by Crippen LogP contribution is -2.24. The number of ketones is 1. The van der Waals surface area contributed by atoms with Crippen molar-refractivity contribution < 1.29 is 29.2 Å². The fraction of sp³-hybridized carbons (Fsp3) is 0.900. The van der Waals surface area contributed by atoms with Gasteiger partial charge in [0.05, 0.1) is 46.2 Å². The Hall–Kier alpha value is -0.530. The lowest BCUT2D eigenvalue weighted by Gasteiger charge is -2.08. The van der Waals surface area contributed by atoms with Crippen LogP contribution in [0, 0.1) is 0 Å². The zero-order valence-corrected chi connectivity index (χ0v) is 9.55. The van der Waals surface area contributed by atoms with Gasteiger partial charge in [-0.1, -0.05) is 0 Å². The summed E-state index contributed by atoms with van der Waals surface area (Å²) >= 11 is 0. The second kappa shape index (κ2) is 11.0. The van der Waals surface area contributed by atoms with Gasteiger partial charge in [-0.25, -0.2) is 0 Å². The molecule has 0 heterocycles. The van der Waals surface area contributed by atoms with Crippen LogP contribution < -0.4 is 0 Å². The summed E-state index contributed by atoms with van der Waals surface area (Å²) < 4.78 is 15.1. The maximum atomic E-state index is 10.6. The average molecular weight is 236 g/mol. The van der Waals surface area contributed by atoms with Crippen LogP contribution in [0.3, 0.4) is 0 Å². The fourth-order valence-electron chi connectivity index (χ4n) is 0.817. The van der Waals surface area contributed by atoms with Crippen molar-refractivity contribution in [2.24, 2.45) is 0 Å². The SMILES string of the molecule is CC(=O)C(O)COCCOCCOCCO. The third kappa shape index (κ3) is 10.0. The summed E-state index contributed by atoms with van der Waals surface area (Å²) in [6.45, 7) is 3.19. The maximum Gasteiger partial charge on any atom is 0.160 e. The number of hydrogen-bond acceptors (Lipinski definition) is 6. The van der Waals surface area contributed by atoms with Crippen molar-refractivity contribution in [1.29, 1.82) is 0 Å². The van der Waals surface area contributed by atoms with Gasteiger partial charge in [0, 0.05) is 0 Å². The Morgan fingerprint density at radius 1 is 1.06 bits per heavy atom. The summed E-state index contributed by atoms with van der Waals surface area (Å²) in [5.41, 5.74) is 0. The zero-order chi connectivity index (χ0) is 12.2. The zero-order valence-electron chi connectivity index (χ0n) is 9.55. The highest BCUT2D eigenvalue weighted by Crippen LogP contribution is 1.87. The molecule has 96 valence electrons. The van der Waals surface area contributed by atoms with Crippen LogP contribution >= 0.6 is 0 Å². The second-order valence-electron chi connectivity index (χ2n) is 3.15. The first-order valence-electron chi connectivity index (χ1n) is 5.21. The summed E-state index contributed by atoms with van der Waals surface area (Å²) in [5, 5.41) is 17.5. The third-order valence-corrected chi connectivity index (χ3v) is 1.72. The molecule has 0 bridgehead atoms. The third-order valence-electron chi connectivity index (χ3n) is 1.72. The monoisotopic (exact) mass is 236 g/mol. The quantitative estimate of drug-likeness (QED) is 0.447. The molecule has 6 nitrogen and oxygen atoms in total. The van der Waals surface area contributed by atoms with Crippen LogP contribution in [0.2, 0.25) is 0 Å². The van der Waals surface area contributed by atoms with Crippen LogP contribution in [-0.2, 0) is 19.0 Å². The molecule has 0 aromatic heterocycles. The molecule has 16 heavy (non-hydrogen) atoms. The van der Waals surface area contributed by atoms with Crippen molar-refractivity contribution in [3.63, 3.8) is 0 Å². The van der Waals surface area contributed by atoms with Gasteiger partial charge in [-0.3, -0.25) is 4.79 Å². The number of rotatable bonds is 11. The Morgan fingerprint density at radius 3 is 2.06 bits per heavy atom. The molecule has 0 saturated heterocycles. The minimum Gasteiger partial charge on any atom is -0.394 e. The minimum absolute atomic E-state index is 0.000292. The molecule has 6 heteroatoms. The molecule has 0 amide bonds. The summed E-state index contributed by atoms with van der Waals surface area (Å²) in [4.78, 5) is 10.6. The summed E-state index contributed by atoms with van der Waals surface area (Å²) in [5.74, 6) is -0.307. The fourth-order valence-corrected chi connectivity index (χ4v) is 0.817. The van der Waals surface area contributed by atoms with E-state index in [2.05, 4.69) is 0 Å².